The molecule has 0 saturated carbocycles. The average Bonchev–Trinajstić information content (AvgIpc) is 3.09. The smallest absolute Gasteiger partial charge is 0.258 e. The van der Waals surface area contributed by atoms with Gasteiger partial charge in [0.05, 0.1) is 11.3 Å². The number of pyridine rings is 1. The molecule has 0 atom stereocenters. The van der Waals surface area contributed by atoms with E-state index in [1.807, 2.05) is 37.3 Å². The molecule has 0 saturated heterocycles. The number of rotatable bonds is 4. The van der Waals surface area contributed by atoms with Crippen LogP contribution in [0.2, 0.25) is 0 Å². The molecule has 0 aliphatic heterocycles. The molecule has 6 nitrogen and oxygen atoms in total. The Kier molecular flexibility index (Phi) is 3.91. The van der Waals surface area contributed by atoms with Crippen molar-refractivity contribution < 1.29 is 4.79 Å². The number of nitrogens with one attached hydrogen (secondary N) is 1. The van der Waals surface area contributed by atoms with E-state index in [0.717, 1.165) is 17.8 Å². The van der Waals surface area contributed by atoms with Gasteiger partial charge in [0.25, 0.3) is 5.91 Å². The van der Waals surface area contributed by atoms with Gasteiger partial charge in [-0.15, -0.1) is 10.2 Å². The molecule has 0 spiro atoms. The number of carbonyl (C=O) groups excluding carboxylic acids is 1. The summed E-state index contributed by atoms with van der Waals surface area (Å²) in [4.78, 5) is 16.9. The monoisotopic (exact) mass is 293 g/mol. The lowest BCUT2D eigenvalue weighted by Gasteiger charge is -2.10. The SMILES string of the molecule is CCc1cccc(NC(=O)c2ccccc2-n2cnnc2)n1. The lowest BCUT2D eigenvalue weighted by atomic mass is 10.1. The topological polar surface area (TPSA) is 72.7 Å². The van der Waals surface area contributed by atoms with E-state index in [9.17, 15) is 4.79 Å². The van der Waals surface area contributed by atoms with Gasteiger partial charge in [0.2, 0.25) is 0 Å². The molecule has 1 aromatic carbocycles. The maximum Gasteiger partial charge on any atom is 0.258 e. The lowest BCUT2D eigenvalue weighted by Crippen LogP contribution is -2.15. The Labute approximate surface area is 127 Å². The molecular formula is C16H15N5O. The first-order valence-corrected chi connectivity index (χ1v) is 6.99. The molecule has 1 amide bonds. The number of nitrogens with zero attached hydrogens (tertiary/aromatic N) is 4. The van der Waals surface area contributed by atoms with Crippen LogP contribution in [0.3, 0.4) is 0 Å². The lowest BCUT2D eigenvalue weighted by molar-refractivity contribution is 0.102. The van der Waals surface area contributed by atoms with Crippen LogP contribution in [0, 0.1) is 0 Å². The molecule has 0 unspecified atom stereocenters. The molecule has 0 aliphatic rings. The minimum Gasteiger partial charge on any atom is -0.306 e. The zero-order chi connectivity index (χ0) is 15.4. The van der Waals surface area contributed by atoms with Gasteiger partial charge in [0.15, 0.2) is 0 Å². The first-order chi connectivity index (χ1) is 10.8. The fourth-order valence-corrected chi connectivity index (χ4v) is 2.15. The molecule has 2 heterocycles. The maximum absolute atomic E-state index is 12.5. The first kappa shape index (κ1) is 13.9. The Morgan fingerprint density at radius 2 is 1.86 bits per heavy atom. The van der Waals surface area contributed by atoms with E-state index in [0.29, 0.717) is 11.4 Å². The molecule has 0 aliphatic carbocycles. The highest BCUT2D eigenvalue weighted by Gasteiger charge is 2.13. The van der Waals surface area contributed by atoms with Gasteiger partial charge >= 0.3 is 0 Å². The summed E-state index contributed by atoms with van der Waals surface area (Å²) in [7, 11) is 0. The minimum absolute atomic E-state index is 0.218. The van der Waals surface area contributed by atoms with Crippen molar-refractivity contribution in [2.75, 3.05) is 5.32 Å². The van der Waals surface area contributed by atoms with Gasteiger partial charge in [0, 0.05) is 5.69 Å². The number of para-hydroxylation sites is 1. The van der Waals surface area contributed by atoms with E-state index in [1.165, 1.54) is 0 Å². The summed E-state index contributed by atoms with van der Waals surface area (Å²) >= 11 is 0. The molecule has 2 aromatic heterocycles. The number of aryl methyl sites for hydroxylation is 1. The summed E-state index contributed by atoms with van der Waals surface area (Å²) in [6, 6.07) is 12.9. The van der Waals surface area contributed by atoms with Crippen LogP contribution < -0.4 is 5.32 Å². The predicted octanol–water partition coefficient (Wildman–Crippen LogP) is 2.48. The highest BCUT2D eigenvalue weighted by Crippen LogP contribution is 2.15. The van der Waals surface area contributed by atoms with Crippen LogP contribution in [0.5, 0.6) is 0 Å². The summed E-state index contributed by atoms with van der Waals surface area (Å²) in [6.45, 7) is 2.02. The van der Waals surface area contributed by atoms with Crippen molar-refractivity contribution in [2.45, 2.75) is 13.3 Å². The van der Waals surface area contributed by atoms with Crippen LogP contribution in [0.4, 0.5) is 5.82 Å². The zero-order valence-electron chi connectivity index (χ0n) is 12.1. The zero-order valence-corrected chi connectivity index (χ0v) is 12.1. The van der Waals surface area contributed by atoms with Gasteiger partial charge in [0.1, 0.15) is 18.5 Å². The van der Waals surface area contributed by atoms with Crippen LogP contribution >= 0.6 is 0 Å². The van der Waals surface area contributed by atoms with Crippen molar-refractivity contribution in [2.24, 2.45) is 0 Å². The highest BCUT2D eigenvalue weighted by atomic mass is 16.1. The molecule has 110 valence electrons. The second-order valence-corrected chi connectivity index (χ2v) is 4.71. The van der Waals surface area contributed by atoms with E-state index < -0.39 is 0 Å². The van der Waals surface area contributed by atoms with Crippen LogP contribution in [0.25, 0.3) is 5.69 Å². The van der Waals surface area contributed by atoms with E-state index in [-0.39, 0.29) is 5.91 Å². The van der Waals surface area contributed by atoms with Gasteiger partial charge < -0.3 is 5.32 Å². The molecule has 6 heteroatoms. The largest absolute Gasteiger partial charge is 0.306 e. The number of hydrogen-bond donors (Lipinski definition) is 1. The van der Waals surface area contributed by atoms with Gasteiger partial charge in [-0.25, -0.2) is 4.98 Å². The van der Waals surface area contributed by atoms with Crippen LogP contribution in [-0.2, 0) is 6.42 Å². The molecule has 0 radical (unpaired) electrons. The number of carbonyl (C=O) groups is 1. The van der Waals surface area contributed by atoms with Crippen molar-refractivity contribution in [1.82, 2.24) is 19.7 Å². The summed E-state index contributed by atoms with van der Waals surface area (Å²) in [5.41, 5.74) is 2.19. The van der Waals surface area contributed by atoms with E-state index in [4.69, 9.17) is 0 Å². The van der Waals surface area contributed by atoms with Crippen molar-refractivity contribution in [3.8, 4) is 5.69 Å². The summed E-state index contributed by atoms with van der Waals surface area (Å²) in [6.07, 6.45) is 3.94. The number of anilines is 1. The third-order valence-corrected chi connectivity index (χ3v) is 3.26. The molecule has 3 aromatic rings. The first-order valence-electron chi connectivity index (χ1n) is 6.99. The summed E-state index contributed by atoms with van der Waals surface area (Å²) < 4.78 is 1.70. The Hall–Kier alpha value is -3.02. The molecular weight excluding hydrogens is 278 g/mol. The Balaban J connectivity index is 1.89. The van der Waals surface area contributed by atoms with Crippen LogP contribution in [0.15, 0.2) is 55.1 Å². The molecule has 3 rings (SSSR count). The minimum atomic E-state index is -0.218. The summed E-state index contributed by atoms with van der Waals surface area (Å²) in [5, 5.41) is 10.4. The van der Waals surface area contributed by atoms with Crippen LogP contribution in [0.1, 0.15) is 23.0 Å². The summed E-state index contributed by atoms with van der Waals surface area (Å²) in [5.74, 6) is 0.327. The van der Waals surface area contributed by atoms with Gasteiger partial charge in [-0.3, -0.25) is 9.36 Å². The standard InChI is InChI=1S/C16H15N5O/c1-2-12-6-5-9-15(19-12)20-16(22)13-7-3-4-8-14(13)21-10-17-18-11-21/h3-11H,2H2,1H3,(H,19,20,22). The Morgan fingerprint density at radius 1 is 1.09 bits per heavy atom. The van der Waals surface area contributed by atoms with Crippen molar-refractivity contribution in [3.63, 3.8) is 0 Å². The molecule has 0 fully saturated rings. The second kappa shape index (κ2) is 6.17. The van der Waals surface area contributed by atoms with Gasteiger partial charge in [-0.2, -0.15) is 0 Å². The second-order valence-electron chi connectivity index (χ2n) is 4.71. The van der Waals surface area contributed by atoms with Crippen molar-refractivity contribution in [1.29, 1.82) is 0 Å². The van der Waals surface area contributed by atoms with Crippen molar-refractivity contribution >= 4 is 11.7 Å². The average molecular weight is 293 g/mol. The highest BCUT2D eigenvalue weighted by molar-refractivity contribution is 6.06. The fraction of sp³-hybridized carbons (Fsp3) is 0.125. The van der Waals surface area contributed by atoms with Gasteiger partial charge in [-0.05, 0) is 30.7 Å². The Bertz CT molecular complexity index is 783. The third kappa shape index (κ3) is 2.85. The fourth-order valence-electron chi connectivity index (χ4n) is 2.15. The predicted molar refractivity (Wildman–Crippen MR) is 82.9 cm³/mol. The normalized spacial score (nSPS) is 10.4. The number of benzene rings is 1. The Morgan fingerprint density at radius 3 is 2.64 bits per heavy atom. The third-order valence-electron chi connectivity index (χ3n) is 3.26. The number of amides is 1. The van der Waals surface area contributed by atoms with E-state index in [2.05, 4.69) is 20.5 Å². The van der Waals surface area contributed by atoms with E-state index >= 15 is 0 Å². The molecule has 1 N–H and O–H groups in total. The molecule has 22 heavy (non-hydrogen) atoms. The number of hydrogen-bond acceptors (Lipinski definition) is 4. The number of aromatic nitrogens is 4. The van der Waals surface area contributed by atoms with Crippen molar-refractivity contribution in [3.05, 3.63) is 66.4 Å². The van der Waals surface area contributed by atoms with E-state index in [1.54, 1.807) is 29.4 Å². The molecule has 0 bridgehead atoms. The van der Waals surface area contributed by atoms with Crippen LogP contribution in [-0.4, -0.2) is 25.7 Å². The quantitative estimate of drug-likeness (QED) is 0.802. The maximum atomic E-state index is 12.5. The van der Waals surface area contributed by atoms with Gasteiger partial charge in [-0.1, -0.05) is 25.1 Å².